The Morgan fingerprint density at radius 2 is 2.00 bits per heavy atom. The zero-order valence-electron chi connectivity index (χ0n) is 10.0. The molecule has 0 spiro atoms. The van der Waals surface area contributed by atoms with Gasteiger partial charge in [0, 0.05) is 20.2 Å². The van der Waals surface area contributed by atoms with Crippen molar-refractivity contribution in [3.8, 4) is 11.8 Å². The predicted molar refractivity (Wildman–Crippen MR) is 76.5 cm³/mol. The Morgan fingerprint density at radius 3 is 2.56 bits per heavy atom. The first kappa shape index (κ1) is 15.4. The van der Waals surface area contributed by atoms with Gasteiger partial charge in [-0.3, -0.25) is 0 Å². The first-order valence-corrected chi connectivity index (χ1v) is 6.95. The van der Waals surface area contributed by atoms with E-state index in [4.69, 9.17) is 14.7 Å². The van der Waals surface area contributed by atoms with Gasteiger partial charge in [-0.05, 0) is 49.6 Å². The van der Waals surface area contributed by atoms with Crippen molar-refractivity contribution in [2.75, 3.05) is 26.9 Å². The first-order valence-electron chi connectivity index (χ1n) is 5.36. The molecule has 6 heteroatoms. The van der Waals surface area contributed by atoms with Crippen LogP contribution in [-0.2, 0) is 11.3 Å². The lowest BCUT2D eigenvalue weighted by molar-refractivity contribution is 0.199. The molecule has 98 valence electrons. The van der Waals surface area contributed by atoms with Crippen molar-refractivity contribution in [1.29, 1.82) is 5.26 Å². The van der Waals surface area contributed by atoms with Crippen molar-refractivity contribution in [2.24, 2.45) is 0 Å². The maximum Gasteiger partial charge on any atom is 0.174 e. The van der Waals surface area contributed by atoms with Gasteiger partial charge in [-0.2, -0.15) is 5.26 Å². The van der Waals surface area contributed by atoms with Crippen molar-refractivity contribution in [3.05, 3.63) is 26.6 Å². The van der Waals surface area contributed by atoms with Crippen LogP contribution in [0.4, 0.5) is 0 Å². The van der Waals surface area contributed by atoms with E-state index >= 15 is 0 Å². The number of nitrogens with one attached hydrogen (secondary N) is 1. The Balaban J connectivity index is 2.64. The van der Waals surface area contributed by atoms with Gasteiger partial charge in [0.05, 0.1) is 15.6 Å². The highest BCUT2D eigenvalue weighted by Gasteiger charge is 2.08. The average molecular weight is 378 g/mol. The summed E-state index contributed by atoms with van der Waals surface area (Å²) in [5, 5.41) is 11.8. The van der Waals surface area contributed by atoms with Crippen molar-refractivity contribution < 1.29 is 9.47 Å². The minimum absolute atomic E-state index is 0.0304. The highest BCUT2D eigenvalue weighted by Crippen LogP contribution is 2.34. The highest BCUT2D eigenvalue weighted by molar-refractivity contribution is 9.11. The molecule has 18 heavy (non-hydrogen) atoms. The van der Waals surface area contributed by atoms with E-state index in [-0.39, 0.29) is 6.61 Å². The van der Waals surface area contributed by atoms with Gasteiger partial charge in [0.25, 0.3) is 0 Å². The SMILES string of the molecule is COCCNCc1cc(Br)c(OCC#N)c(Br)c1. The van der Waals surface area contributed by atoms with E-state index in [0.29, 0.717) is 12.4 Å². The molecule has 1 N–H and O–H groups in total. The number of hydrogen-bond donors (Lipinski definition) is 1. The third-order valence-electron chi connectivity index (χ3n) is 2.15. The summed E-state index contributed by atoms with van der Waals surface area (Å²) in [5.41, 5.74) is 1.12. The molecular weight excluding hydrogens is 364 g/mol. The second kappa shape index (κ2) is 8.48. The van der Waals surface area contributed by atoms with Crippen molar-refractivity contribution in [2.45, 2.75) is 6.54 Å². The summed E-state index contributed by atoms with van der Waals surface area (Å²) < 4.78 is 11.9. The van der Waals surface area contributed by atoms with Crippen LogP contribution >= 0.6 is 31.9 Å². The number of nitriles is 1. The van der Waals surface area contributed by atoms with Gasteiger partial charge in [0.15, 0.2) is 6.61 Å². The van der Waals surface area contributed by atoms with Crippen LogP contribution in [0.25, 0.3) is 0 Å². The van der Waals surface area contributed by atoms with Crippen molar-refractivity contribution >= 4 is 31.9 Å². The Labute approximate surface area is 124 Å². The van der Waals surface area contributed by atoms with Crippen LogP contribution in [0.15, 0.2) is 21.1 Å². The molecule has 1 aromatic rings. The molecule has 0 heterocycles. The maximum absolute atomic E-state index is 8.50. The smallest absolute Gasteiger partial charge is 0.174 e. The van der Waals surface area contributed by atoms with E-state index in [1.165, 1.54) is 0 Å². The van der Waals surface area contributed by atoms with Gasteiger partial charge in [-0.15, -0.1) is 0 Å². The van der Waals surface area contributed by atoms with Crippen LogP contribution in [0, 0.1) is 11.3 Å². The monoisotopic (exact) mass is 376 g/mol. The zero-order valence-corrected chi connectivity index (χ0v) is 13.2. The standard InChI is InChI=1S/C12H14Br2N2O2/c1-17-5-3-16-8-9-6-10(13)12(11(14)7-9)18-4-2-15/h6-7,16H,3-5,8H2,1H3. The quantitative estimate of drug-likeness (QED) is 0.742. The predicted octanol–water partition coefficient (Wildman–Crippen LogP) is 2.85. The normalized spacial score (nSPS) is 10.1. The van der Waals surface area contributed by atoms with Crippen LogP contribution in [0.5, 0.6) is 5.75 Å². The summed E-state index contributed by atoms with van der Waals surface area (Å²) in [5.74, 6) is 0.650. The summed E-state index contributed by atoms with van der Waals surface area (Å²) in [4.78, 5) is 0. The third kappa shape index (κ3) is 4.94. The summed E-state index contributed by atoms with van der Waals surface area (Å²) in [6.07, 6.45) is 0. The molecule has 0 saturated carbocycles. The molecule has 0 aromatic heterocycles. The molecule has 0 radical (unpaired) electrons. The number of hydrogen-bond acceptors (Lipinski definition) is 4. The Kier molecular flexibility index (Phi) is 7.28. The molecule has 0 bridgehead atoms. The average Bonchev–Trinajstić information content (AvgIpc) is 2.34. The van der Waals surface area contributed by atoms with Crippen LogP contribution in [0.1, 0.15) is 5.56 Å². The fourth-order valence-electron chi connectivity index (χ4n) is 1.36. The fraction of sp³-hybridized carbons (Fsp3) is 0.417. The molecule has 0 aliphatic rings. The largest absolute Gasteiger partial charge is 0.476 e. The van der Waals surface area contributed by atoms with Crippen LogP contribution in [0.3, 0.4) is 0 Å². The lowest BCUT2D eigenvalue weighted by Crippen LogP contribution is -2.18. The number of methoxy groups -OCH3 is 1. The molecule has 0 atom stereocenters. The topological polar surface area (TPSA) is 54.3 Å². The van der Waals surface area contributed by atoms with E-state index in [0.717, 1.165) is 27.6 Å². The van der Waals surface area contributed by atoms with E-state index in [9.17, 15) is 0 Å². The summed E-state index contributed by atoms with van der Waals surface area (Å²) in [6.45, 7) is 2.27. The second-order valence-electron chi connectivity index (χ2n) is 3.50. The molecule has 0 saturated heterocycles. The van der Waals surface area contributed by atoms with E-state index in [1.54, 1.807) is 7.11 Å². The number of rotatable bonds is 7. The molecule has 0 aliphatic heterocycles. The Hall–Kier alpha value is -0.610. The number of halogens is 2. The molecule has 0 amide bonds. The van der Waals surface area contributed by atoms with Gasteiger partial charge in [-0.1, -0.05) is 0 Å². The molecule has 1 aromatic carbocycles. The van der Waals surface area contributed by atoms with Crippen molar-refractivity contribution in [3.63, 3.8) is 0 Å². The van der Waals surface area contributed by atoms with Crippen LogP contribution in [0.2, 0.25) is 0 Å². The minimum atomic E-state index is 0.0304. The van der Waals surface area contributed by atoms with Gasteiger partial charge in [0.1, 0.15) is 11.8 Å². The van der Waals surface area contributed by atoms with Crippen LogP contribution < -0.4 is 10.1 Å². The van der Waals surface area contributed by atoms with Crippen LogP contribution in [-0.4, -0.2) is 26.9 Å². The minimum Gasteiger partial charge on any atom is -0.476 e. The summed E-state index contributed by atoms with van der Waals surface area (Å²) in [7, 11) is 1.68. The van der Waals surface area contributed by atoms with Gasteiger partial charge >= 0.3 is 0 Å². The second-order valence-corrected chi connectivity index (χ2v) is 5.21. The van der Waals surface area contributed by atoms with E-state index in [1.807, 2.05) is 18.2 Å². The van der Waals surface area contributed by atoms with E-state index in [2.05, 4.69) is 37.2 Å². The molecule has 0 unspecified atom stereocenters. The van der Waals surface area contributed by atoms with Crippen molar-refractivity contribution in [1.82, 2.24) is 5.32 Å². The maximum atomic E-state index is 8.50. The van der Waals surface area contributed by atoms with Gasteiger partial charge < -0.3 is 14.8 Å². The molecular formula is C12H14Br2N2O2. The zero-order chi connectivity index (χ0) is 13.4. The van der Waals surface area contributed by atoms with E-state index < -0.39 is 0 Å². The molecule has 1 rings (SSSR count). The highest BCUT2D eigenvalue weighted by atomic mass is 79.9. The Morgan fingerprint density at radius 1 is 1.33 bits per heavy atom. The molecule has 4 nitrogen and oxygen atoms in total. The Bertz CT molecular complexity index is 410. The number of ether oxygens (including phenoxy) is 2. The number of nitrogens with zero attached hydrogens (tertiary/aromatic N) is 1. The first-order chi connectivity index (χ1) is 8.69. The lowest BCUT2D eigenvalue weighted by atomic mass is 10.2. The summed E-state index contributed by atoms with van der Waals surface area (Å²) >= 11 is 6.87. The fourth-order valence-corrected chi connectivity index (χ4v) is 2.87. The molecule has 0 aliphatic carbocycles. The summed E-state index contributed by atoms with van der Waals surface area (Å²) in [6, 6.07) is 5.88. The number of benzene rings is 1. The molecule has 0 fully saturated rings. The van der Waals surface area contributed by atoms with Gasteiger partial charge in [0.2, 0.25) is 0 Å². The van der Waals surface area contributed by atoms with Gasteiger partial charge in [-0.25, -0.2) is 0 Å². The third-order valence-corrected chi connectivity index (χ3v) is 3.33. The lowest BCUT2D eigenvalue weighted by Gasteiger charge is -2.10.